The molecule has 1 fully saturated rings. The first-order valence-electron chi connectivity index (χ1n) is 8.30. The van der Waals surface area contributed by atoms with Crippen LogP contribution in [0.4, 0.5) is 4.39 Å². The highest BCUT2D eigenvalue weighted by Crippen LogP contribution is 2.43. The molecule has 0 N–H and O–H groups in total. The molecule has 2 aromatic rings. The highest BCUT2D eigenvalue weighted by atomic mass is 19.1. The second kappa shape index (κ2) is 5.83. The Morgan fingerprint density at radius 2 is 1.96 bits per heavy atom. The summed E-state index contributed by atoms with van der Waals surface area (Å²) in [6.07, 6.45) is 5.72. The lowest BCUT2D eigenvalue weighted by atomic mass is 9.71. The minimum Gasteiger partial charge on any atom is -0.350 e. The Balaban J connectivity index is 1.65. The van der Waals surface area contributed by atoms with Gasteiger partial charge in [-0.25, -0.2) is 9.07 Å². The van der Waals surface area contributed by atoms with Crippen molar-refractivity contribution < 1.29 is 13.9 Å². The largest absolute Gasteiger partial charge is 0.350 e. The van der Waals surface area contributed by atoms with Gasteiger partial charge in [0.05, 0.1) is 30.8 Å². The van der Waals surface area contributed by atoms with Crippen molar-refractivity contribution in [2.75, 3.05) is 13.2 Å². The molecule has 1 aromatic carbocycles. The number of halogens is 1. The molecule has 2 aliphatic rings. The first-order chi connectivity index (χ1) is 11.5. The summed E-state index contributed by atoms with van der Waals surface area (Å²) in [4.78, 5) is 0. The van der Waals surface area contributed by atoms with Gasteiger partial charge in [0.25, 0.3) is 0 Å². The number of aromatic nitrogens is 2. The van der Waals surface area contributed by atoms with Crippen LogP contribution in [0.15, 0.2) is 36.0 Å². The summed E-state index contributed by atoms with van der Waals surface area (Å²) in [5.41, 5.74) is 4.43. The van der Waals surface area contributed by atoms with Gasteiger partial charge in [0.1, 0.15) is 5.82 Å². The van der Waals surface area contributed by atoms with Crippen molar-refractivity contribution in [3.63, 3.8) is 0 Å². The third-order valence-corrected chi connectivity index (χ3v) is 5.15. The van der Waals surface area contributed by atoms with Crippen molar-refractivity contribution >= 4 is 6.08 Å². The zero-order chi connectivity index (χ0) is 16.7. The first kappa shape index (κ1) is 15.5. The van der Waals surface area contributed by atoms with Gasteiger partial charge in [-0.3, -0.25) is 0 Å². The van der Waals surface area contributed by atoms with Crippen LogP contribution in [0.25, 0.3) is 11.8 Å². The van der Waals surface area contributed by atoms with E-state index in [4.69, 9.17) is 9.47 Å². The van der Waals surface area contributed by atoms with Crippen molar-refractivity contribution in [3.05, 3.63) is 53.1 Å². The number of ether oxygens (including phenoxy) is 2. The maximum atomic E-state index is 13.2. The molecule has 0 amide bonds. The predicted octanol–water partition coefficient (Wildman–Crippen LogP) is 3.74. The lowest BCUT2D eigenvalue weighted by molar-refractivity contribution is -0.0654. The summed E-state index contributed by atoms with van der Waals surface area (Å²) >= 11 is 0. The predicted molar refractivity (Wildman–Crippen MR) is 89.3 cm³/mol. The van der Waals surface area contributed by atoms with Crippen molar-refractivity contribution in [1.82, 2.24) is 9.78 Å². The van der Waals surface area contributed by atoms with Crippen molar-refractivity contribution in [3.8, 4) is 5.69 Å². The van der Waals surface area contributed by atoms with E-state index in [-0.39, 0.29) is 17.5 Å². The molecule has 0 radical (unpaired) electrons. The van der Waals surface area contributed by atoms with Gasteiger partial charge in [0.15, 0.2) is 6.29 Å². The van der Waals surface area contributed by atoms with Crippen LogP contribution in [-0.4, -0.2) is 29.3 Å². The van der Waals surface area contributed by atoms with Crippen molar-refractivity contribution in [2.24, 2.45) is 5.41 Å². The number of allylic oxidation sites excluding steroid dienone is 1. The fourth-order valence-corrected chi connectivity index (χ4v) is 3.54. The highest BCUT2D eigenvalue weighted by molar-refractivity contribution is 5.60. The number of rotatable bonds is 3. The van der Waals surface area contributed by atoms with Crippen LogP contribution in [0.2, 0.25) is 0 Å². The monoisotopic (exact) mass is 328 g/mol. The van der Waals surface area contributed by atoms with Crippen molar-refractivity contribution in [1.29, 1.82) is 0 Å². The molecule has 1 unspecified atom stereocenters. The fraction of sp³-hybridized carbons (Fsp3) is 0.421. The molecule has 0 bridgehead atoms. The van der Waals surface area contributed by atoms with Gasteiger partial charge in [0, 0.05) is 6.42 Å². The third kappa shape index (κ3) is 2.68. The average Bonchev–Trinajstić information content (AvgIpc) is 3.19. The molecule has 1 atom stereocenters. The lowest BCUT2D eigenvalue weighted by Crippen LogP contribution is -2.30. The molecule has 126 valence electrons. The van der Waals surface area contributed by atoms with E-state index in [1.807, 2.05) is 10.9 Å². The van der Waals surface area contributed by atoms with E-state index in [1.165, 1.54) is 23.3 Å². The average molecular weight is 328 g/mol. The summed E-state index contributed by atoms with van der Waals surface area (Å²) in [7, 11) is 0. The SMILES string of the molecule is CC1=Cc2c(cnn2-c2ccc(F)cc2)CC1(C)CC1OCCO1. The minimum absolute atomic E-state index is 0.00132. The summed E-state index contributed by atoms with van der Waals surface area (Å²) in [6.45, 7) is 5.76. The second-order valence-corrected chi connectivity index (χ2v) is 6.88. The van der Waals surface area contributed by atoms with E-state index >= 15 is 0 Å². The van der Waals surface area contributed by atoms with Crippen molar-refractivity contribution in [2.45, 2.75) is 33.0 Å². The van der Waals surface area contributed by atoms with Gasteiger partial charge >= 0.3 is 0 Å². The first-order valence-corrected chi connectivity index (χ1v) is 8.30. The van der Waals surface area contributed by atoms with Gasteiger partial charge in [0.2, 0.25) is 0 Å². The Morgan fingerprint density at radius 3 is 2.67 bits per heavy atom. The smallest absolute Gasteiger partial charge is 0.158 e. The van der Waals surface area contributed by atoms with Gasteiger partial charge < -0.3 is 9.47 Å². The molecule has 1 aromatic heterocycles. The zero-order valence-electron chi connectivity index (χ0n) is 14.0. The topological polar surface area (TPSA) is 36.3 Å². The second-order valence-electron chi connectivity index (χ2n) is 6.88. The number of hydrogen-bond donors (Lipinski definition) is 0. The van der Waals surface area contributed by atoms with Crippen LogP contribution < -0.4 is 0 Å². The van der Waals surface area contributed by atoms with Crippen LogP contribution in [0.5, 0.6) is 0 Å². The van der Waals surface area contributed by atoms with E-state index in [1.54, 1.807) is 12.1 Å². The van der Waals surface area contributed by atoms with E-state index in [0.717, 1.165) is 24.2 Å². The Bertz CT molecular complexity index is 775. The molecule has 24 heavy (non-hydrogen) atoms. The van der Waals surface area contributed by atoms with Crippen LogP contribution in [0, 0.1) is 11.2 Å². The summed E-state index contributed by atoms with van der Waals surface area (Å²) in [5, 5.41) is 4.52. The van der Waals surface area contributed by atoms with E-state index in [0.29, 0.717) is 13.2 Å². The summed E-state index contributed by atoms with van der Waals surface area (Å²) < 4.78 is 26.3. The van der Waals surface area contributed by atoms with Gasteiger partial charge in [-0.15, -0.1) is 0 Å². The summed E-state index contributed by atoms with van der Waals surface area (Å²) in [5.74, 6) is -0.240. The molecule has 4 rings (SSSR count). The normalized spacial score (nSPS) is 24.0. The Morgan fingerprint density at radius 1 is 1.25 bits per heavy atom. The van der Waals surface area contributed by atoms with Crippen LogP contribution in [0.3, 0.4) is 0 Å². The standard InChI is InChI=1S/C19H21FN2O2/c1-13-9-17-14(10-19(13,2)11-18-23-7-8-24-18)12-21-22(17)16-5-3-15(20)4-6-16/h3-6,9,12,18H,7-8,10-11H2,1-2H3. The Kier molecular flexibility index (Phi) is 3.77. The molecule has 2 heterocycles. The number of nitrogens with zero attached hydrogens (tertiary/aromatic N) is 2. The summed E-state index contributed by atoms with van der Waals surface area (Å²) in [6, 6.07) is 6.42. The molecular weight excluding hydrogens is 307 g/mol. The van der Waals surface area contributed by atoms with E-state index < -0.39 is 0 Å². The molecule has 0 saturated carbocycles. The Labute approximate surface area is 140 Å². The quantitative estimate of drug-likeness (QED) is 0.861. The molecule has 1 aliphatic heterocycles. The number of fused-ring (bicyclic) bond motifs is 1. The third-order valence-electron chi connectivity index (χ3n) is 5.15. The maximum Gasteiger partial charge on any atom is 0.158 e. The van der Waals surface area contributed by atoms with Gasteiger partial charge in [-0.1, -0.05) is 12.5 Å². The van der Waals surface area contributed by atoms with Gasteiger partial charge in [-0.2, -0.15) is 5.10 Å². The van der Waals surface area contributed by atoms with Crippen LogP contribution in [0.1, 0.15) is 31.5 Å². The zero-order valence-corrected chi connectivity index (χ0v) is 14.0. The molecule has 1 saturated heterocycles. The highest BCUT2D eigenvalue weighted by Gasteiger charge is 2.36. The maximum absolute atomic E-state index is 13.2. The van der Waals surface area contributed by atoms with Gasteiger partial charge in [-0.05, 0) is 54.7 Å². The molecule has 4 nitrogen and oxygen atoms in total. The Hall–Kier alpha value is -1.98. The fourth-order valence-electron chi connectivity index (χ4n) is 3.54. The number of hydrogen-bond acceptors (Lipinski definition) is 3. The lowest BCUT2D eigenvalue weighted by Gasteiger charge is -2.35. The number of benzene rings is 1. The van der Waals surface area contributed by atoms with Crippen LogP contribution in [-0.2, 0) is 15.9 Å². The molecular formula is C19H21FN2O2. The molecule has 1 aliphatic carbocycles. The molecule has 0 spiro atoms. The molecule has 5 heteroatoms. The van der Waals surface area contributed by atoms with E-state index in [9.17, 15) is 4.39 Å². The minimum atomic E-state index is -0.240. The van der Waals surface area contributed by atoms with E-state index in [2.05, 4.69) is 25.0 Å². The van der Waals surface area contributed by atoms with Crippen LogP contribution >= 0.6 is 0 Å².